The summed E-state index contributed by atoms with van der Waals surface area (Å²) in [7, 11) is 0. The van der Waals surface area contributed by atoms with Crippen LogP contribution in [0.2, 0.25) is 0 Å². The number of aliphatic carboxylic acids is 1. The van der Waals surface area contributed by atoms with Crippen LogP contribution in [0.4, 0.5) is 9.52 Å². The summed E-state index contributed by atoms with van der Waals surface area (Å²) in [6.07, 6.45) is 0. The van der Waals surface area contributed by atoms with Crippen LogP contribution in [0.1, 0.15) is 20.8 Å². The van der Waals surface area contributed by atoms with Gasteiger partial charge >= 0.3 is 5.97 Å². The molecule has 1 N–H and O–H groups in total. The first-order chi connectivity index (χ1) is 10.4. The maximum absolute atomic E-state index is 13.0. The summed E-state index contributed by atoms with van der Waals surface area (Å²) in [4.78, 5) is 17.6. The molecule has 22 heavy (non-hydrogen) atoms. The molecule has 118 valence electrons. The zero-order valence-electron chi connectivity index (χ0n) is 12.8. The van der Waals surface area contributed by atoms with Gasteiger partial charge in [-0.25, -0.2) is 9.37 Å². The van der Waals surface area contributed by atoms with Crippen molar-refractivity contribution in [2.24, 2.45) is 5.92 Å². The standard InChI is InChI=1S/C16H19FN2O2S/c1-10(2)19(8-11(3)15(20)21)16-18-14(9-22-16)12-4-6-13(17)7-5-12/h4-7,9-11H,8H2,1-3H3,(H,20,21). The molecule has 2 rings (SSSR count). The van der Waals surface area contributed by atoms with Gasteiger partial charge in [-0.3, -0.25) is 4.79 Å². The van der Waals surface area contributed by atoms with Gasteiger partial charge in [0.2, 0.25) is 0 Å². The molecular weight excluding hydrogens is 303 g/mol. The number of hydrogen-bond acceptors (Lipinski definition) is 4. The number of hydrogen-bond donors (Lipinski definition) is 1. The third-order valence-electron chi connectivity index (χ3n) is 3.39. The maximum Gasteiger partial charge on any atom is 0.308 e. The summed E-state index contributed by atoms with van der Waals surface area (Å²) >= 11 is 1.47. The second-order valence-corrected chi connectivity index (χ2v) is 6.34. The van der Waals surface area contributed by atoms with Crippen molar-refractivity contribution < 1.29 is 14.3 Å². The summed E-state index contributed by atoms with van der Waals surface area (Å²) in [5, 5.41) is 11.8. The van der Waals surface area contributed by atoms with E-state index in [0.29, 0.717) is 6.54 Å². The van der Waals surface area contributed by atoms with Crippen molar-refractivity contribution in [1.29, 1.82) is 0 Å². The monoisotopic (exact) mass is 322 g/mol. The second-order valence-electron chi connectivity index (χ2n) is 5.51. The quantitative estimate of drug-likeness (QED) is 0.877. The average Bonchev–Trinajstić information content (AvgIpc) is 2.94. The number of benzene rings is 1. The maximum atomic E-state index is 13.0. The fourth-order valence-electron chi connectivity index (χ4n) is 2.03. The number of halogens is 1. The largest absolute Gasteiger partial charge is 0.481 e. The highest BCUT2D eigenvalue weighted by Gasteiger charge is 2.21. The molecule has 0 aliphatic carbocycles. The zero-order chi connectivity index (χ0) is 16.3. The van der Waals surface area contributed by atoms with E-state index in [1.807, 2.05) is 24.1 Å². The number of carboxylic acid groups (broad SMARTS) is 1. The van der Waals surface area contributed by atoms with Crippen LogP contribution in [0.3, 0.4) is 0 Å². The molecule has 1 aromatic heterocycles. The molecule has 1 atom stereocenters. The predicted molar refractivity (Wildman–Crippen MR) is 86.8 cm³/mol. The smallest absolute Gasteiger partial charge is 0.308 e. The lowest BCUT2D eigenvalue weighted by molar-refractivity contribution is -0.140. The number of carbonyl (C=O) groups is 1. The van der Waals surface area contributed by atoms with Crippen LogP contribution >= 0.6 is 11.3 Å². The van der Waals surface area contributed by atoms with Crippen LogP contribution in [0, 0.1) is 11.7 Å². The first-order valence-corrected chi connectivity index (χ1v) is 7.97. The van der Waals surface area contributed by atoms with Gasteiger partial charge in [-0.2, -0.15) is 0 Å². The van der Waals surface area contributed by atoms with E-state index in [9.17, 15) is 9.18 Å². The molecule has 0 amide bonds. The first kappa shape index (κ1) is 16.4. The lowest BCUT2D eigenvalue weighted by atomic mass is 10.1. The number of thiazole rings is 1. The molecule has 1 heterocycles. The molecule has 0 bridgehead atoms. The number of anilines is 1. The van der Waals surface area contributed by atoms with Gasteiger partial charge in [-0.05, 0) is 38.1 Å². The average molecular weight is 322 g/mol. The van der Waals surface area contributed by atoms with Gasteiger partial charge in [0.15, 0.2) is 5.13 Å². The molecule has 0 saturated carbocycles. The first-order valence-electron chi connectivity index (χ1n) is 7.09. The highest BCUT2D eigenvalue weighted by Crippen LogP contribution is 2.29. The van der Waals surface area contributed by atoms with Crippen molar-refractivity contribution >= 4 is 22.4 Å². The summed E-state index contributed by atoms with van der Waals surface area (Å²) in [6.45, 7) is 6.11. The molecule has 2 aromatic rings. The molecule has 6 heteroatoms. The Hall–Kier alpha value is -1.95. The van der Waals surface area contributed by atoms with Crippen molar-refractivity contribution in [2.45, 2.75) is 26.8 Å². The predicted octanol–water partition coefficient (Wildman–Crippen LogP) is 3.88. The van der Waals surface area contributed by atoms with E-state index in [0.717, 1.165) is 16.4 Å². The number of aromatic nitrogens is 1. The van der Waals surface area contributed by atoms with Gasteiger partial charge in [0.1, 0.15) is 5.82 Å². The zero-order valence-corrected chi connectivity index (χ0v) is 13.6. The molecule has 0 fully saturated rings. The summed E-state index contributed by atoms with van der Waals surface area (Å²) in [5.41, 5.74) is 1.62. The minimum atomic E-state index is -0.819. The normalized spacial score (nSPS) is 12.4. The highest BCUT2D eigenvalue weighted by atomic mass is 32.1. The van der Waals surface area contributed by atoms with E-state index >= 15 is 0 Å². The molecule has 0 aliphatic heterocycles. The molecule has 0 radical (unpaired) electrons. The van der Waals surface area contributed by atoms with E-state index in [1.54, 1.807) is 19.1 Å². The fraction of sp³-hybridized carbons (Fsp3) is 0.375. The van der Waals surface area contributed by atoms with Crippen molar-refractivity contribution in [3.05, 3.63) is 35.5 Å². The molecule has 0 saturated heterocycles. The second kappa shape index (κ2) is 6.87. The third kappa shape index (κ3) is 3.82. The van der Waals surface area contributed by atoms with Crippen LogP contribution in [0.25, 0.3) is 11.3 Å². The van der Waals surface area contributed by atoms with Gasteiger partial charge in [0, 0.05) is 23.5 Å². The highest BCUT2D eigenvalue weighted by molar-refractivity contribution is 7.14. The molecule has 1 unspecified atom stereocenters. The SMILES string of the molecule is CC(CN(c1nc(-c2ccc(F)cc2)cs1)C(C)C)C(=O)O. The lowest BCUT2D eigenvalue weighted by Gasteiger charge is -2.27. The molecule has 0 spiro atoms. The number of nitrogens with zero attached hydrogens (tertiary/aromatic N) is 2. The number of carboxylic acids is 1. The Morgan fingerprint density at radius 1 is 1.32 bits per heavy atom. The molecule has 1 aromatic carbocycles. The van der Waals surface area contributed by atoms with E-state index in [4.69, 9.17) is 5.11 Å². The van der Waals surface area contributed by atoms with Gasteiger partial charge in [0.05, 0.1) is 11.6 Å². The van der Waals surface area contributed by atoms with Crippen LogP contribution < -0.4 is 4.90 Å². The Morgan fingerprint density at radius 2 is 1.95 bits per heavy atom. The van der Waals surface area contributed by atoms with Crippen LogP contribution in [-0.2, 0) is 4.79 Å². The summed E-state index contributed by atoms with van der Waals surface area (Å²) in [5.74, 6) is -1.57. The Morgan fingerprint density at radius 3 is 2.50 bits per heavy atom. The molecule has 4 nitrogen and oxygen atoms in total. The summed E-state index contributed by atoms with van der Waals surface area (Å²) in [6, 6.07) is 6.33. The van der Waals surface area contributed by atoms with Crippen molar-refractivity contribution in [1.82, 2.24) is 4.98 Å². The Kier molecular flexibility index (Phi) is 5.13. The van der Waals surface area contributed by atoms with Crippen LogP contribution in [0.15, 0.2) is 29.6 Å². The van der Waals surface area contributed by atoms with Gasteiger partial charge in [-0.1, -0.05) is 6.92 Å². The van der Waals surface area contributed by atoms with E-state index in [1.165, 1.54) is 23.5 Å². The topological polar surface area (TPSA) is 53.4 Å². The minimum absolute atomic E-state index is 0.147. The lowest BCUT2D eigenvalue weighted by Crippen LogP contribution is -2.36. The van der Waals surface area contributed by atoms with E-state index < -0.39 is 11.9 Å². The van der Waals surface area contributed by atoms with Crippen molar-refractivity contribution in [2.75, 3.05) is 11.4 Å². The Balaban J connectivity index is 2.23. The Labute approximate surface area is 133 Å². The van der Waals surface area contributed by atoms with Crippen LogP contribution in [0.5, 0.6) is 0 Å². The van der Waals surface area contributed by atoms with Crippen molar-refractivity contribution in [3.8, 4) is 11.3 Å². The van der Waals surface area contributed by atoms with Gasteiger partial charge in [0.25, 0.3) is 0 Å². The van der Waals surface area contributed by atoms with E-state index in [-0.39, 0.29) is 11.9 Å². The van der Waals surface area contributed by atoms with Gasteiger partial charge < -0.3 is 10.0 Å². The van der Waals surface area contributed by atoms with Gasteiger partial charge in [-0.15, -0.1) is 11.3 Å². The third-order valence-corrected chi connectivity index (χ3v) is 4.27. The molecule has 0 aliphatic rings. The minimum Gasteiger partial charge on any atom is -0.481 e. The Bertz CT molecular complexity index is 640. The van der Waals surface area contributed by atoms with Crippen LogP contribution in [-0.4, -0.2) is 28.6 Å². The number of rotatable bonds is 6. The fourth-order valence-corrected chi connectivity index (χ4v) is 3.01. The summed E-state index contributed by atoms with van der Waals surface area (Å²) < 4.78 is 13.0. The molecular formula is C16H19FN2O2S. The van der Waals surface area contributed by atoms with E-state index in [2.05, 4.69) is 4.98 Å². The van der Waals surface area contributed by atoms with Crippen molar-refractivity contribution in [3.63, 3.8) is 0 Å².